The Morgan fingerprint density at radius 1 is 1.25 bits per heavy atom. The molecule has 132 valence electrons. The maximum atomic E-state index is 12.6. The number of amides is 1. The van der Waals surface area contributed by atoms with E-state index < -0.39 is 0 Å². The predicted molar refractivity (Wildman–Crippen MR) is 96.0 cm³/mol. The molecule has 0 unspecified atom stereocenters. The van der Waals surface area contributed by atoms with Gasteiger partial charge in [0.2, 0.25) is 5.91 Å². The van der Waals surface area contributed by atoms with E-state index in [1.807, 2.05) is 18.2 Å². The average Bonchev–Trinajstić information content (AvgIpc) is 3.17. The fourth-order valence-corrected chi connectivity index (χ4v) is 3.96. The van der Waals surface area contributed by atoms with Crippen LogP contribution in [0, 0.1) is 5.92 Å². The molecule has 2 heterocycles. The second kappa shape index (κ2) is 8.63. The van der Waals surface area contributed by atoms with Gasteiger partial charge in [0, 0.05) is 19.2 Å². The first kappa shape index (κ1) is 17.4. The molecule has 2 aliphatic rings. The number of ether oxygens (including phenoxy) is 1. The van der Waals surface area contributed by atoms with Crippen LogP contribution >= 0.6 is 0 Å². The minimum atomic E-state index is -0.0260. The molecule has 2 fully saturated rings. The molecule has 0 bridgehead atoms. The lowest BCUT2D eigenvalue weighted by Gasteiger charge is -2.35. The highest BCUT2D eigenvalue weighted by Gasteiger charge is 2.28. The monoisotopic (exact) mass is 330 g/mol. The fraction of sp³-hybridized carbons (Fsp3) is 0.650. The number of nitrogens with one attached hydrogen (secondary N) is 1. The number of likely N-dealkylation sites (tertiary alicyclic amines) is 1. The van der Waals surface area contributed by atoms with Gasteiger partial charge in [-0.25, -0.2) is 0 Å². The van der Waals surface area contributed by atoms with Crippen LogP contribution in [0.25, 0.3) is 0 Å². The number of hydrogen-bond acceptors (Lipinski definition) is 3. The maximum absolute atomic E-state index is 12.6. The van der Waals surface area contributed by atoms with Crippen LogP contribution in [0.2, 0.25) is 0 Å². The first-order valence-corrected chi connectivity index (χ1v) is 9.42. The molecular formula is C20H30N2O2. The molecule has 0 spiro atoms. The summed E-state index contributed by atoms with van der Waals surface area (Å²) in [5, 5.41) is 3.20. The van der Waals surface area contributed by atoms with Crippen LogP contribution in [0.1, 0.15) is 44.1 Å². The lowest BCUT2D eigenvalue weighted by molar-refractivity contribution is -0.122. The van der Waals surface area contributed by atoms with Crippen molar-refractivity contribution in [2.45, 2.75) is 44.6 Å². The van der Waals surface area contributed by atoms with Gasteiger partial charge in [-0.05, 0) is 50.3 Å². The van der Waals surface area contributed by atoms with Crippen LogP contribution in [0.3, 0.4) is 0 Å². The summed E-state index contributed by atoms with van der Waals surface area (Å²) in [6.45, 7) is 7.00. The van der Waals surface area contributed by atoms with Crippen molar-refractivity contribution in [3.63, 3.8) is 0 Å². The Labute approximate surface area is 145 Å². The van der Waals surface area contributed by atoms with Gasteiger partial charge in [0.05, 0.1) is 12.5 Å². The Kier molecular flexibility index (Phi) is 6.27. The molecule has 1 N–H and O–H groups in total. The number of carbonyl (C=O) groups excluding carboxylic acids is 1. The van der Waals surface area contributed by atoms with E-state index in [4.69, 9.17) is 4.74 Å². The zero-order chi connectivity index (χ0) is 16.8. The predicted octanol–water partition coefficient (Wildman–Crippen LogP) is 2.80. The van der Waals surface area contributed by atoms with Crippen molar-refractivity contribution in [2.24, 2.45) is 5.92 Å². The summed E-state index contributed by atoms with van der Waals surface area (Å²) in [4.78, 5) is 15.1. The molecule has 4 nitrogen and oxygen atoms in total. The lowest BCUT2D eigenvalue weighted by atomic mass is 9.93. The van der Waals surface area contributed by atoms with Crippen molar-refractivity contribution in [2.75, 3.05) is 32.8 Å². The smallest absolute Gasteiger partial charge is 0.227 e. The Balaban J connectivity index is 1.43. The molecule has 2 saturated heterocycles. The van der Waals surface area contributed by atoms with Crippen LogP contribution in [0.4, 0.5) is 0 Å². The molecule has 2 atom stereocenters. The third-order valence-electron chi connectivity index (χ3n) is 5.56. The van der Waals surface area contributed by atoms with E-state index in [9.17, 15) is 4.79 Å². The van der Waals surface area contributed by atoms with E-state index in [-0.39, 0.29) is 11.8 Å². The van der Waals surface area contributed by atoms with E-state index in [0.717, 1.165) is 44.8 Å². The largest absolute Gasteiger partial charge is 0.380 e. The van der Waals surface area contributed by atoms with Crippen molar-refractivity contribution < 1.29 is 9.53 Å². The van der Waals surface area contributed by atoms with E-state index in [0.29, 0.717) is 12.0 Å². The molecule has 0 radical (unpaired) electrons. The van der Waals surface area contributed by atoms with Gasteiger partial charge in [0.1, 0.15) is 0 Å². The number of piperidine rings is 1. The van der Waals surface area contributed by atoms with Crippen molar-refractivity contribution in [3.05, 3.63) is 35.9 Å². The molecule has 24 heavy (non-hydrogen) atoms. The zero-order valence-corrected chi connectivity index (χ0v) is 14.7. The van der Waals surface area contributed by atoms with Crippen molar-refractivity contribution in [3.8, 4) is 0 Å². The minimum absolute atomic E-state index is 0.0260. The highest BCUT2D eigenvalue weighted by molar-refractivity contribution is 5.83. The van der Waals surface area contributed by atoms with Crippen molar-refractivity contribution in [1.29, 1.82) is 0 Å². The SMILES string of the molecule is CC[C@@H](C(=O)NCC1CCN([C@@H]2CCOC2)CC1)c1ccccc1. The van der Waals surface area contributed by atoms with Crippen LogP contribution < -0.4 is 5.32 Å². The molecule has 3 rings (SSSR count). The highest BCUT2D eigenvalue weighted by Crippen LogP contribution is 2.23. The molecular weight excluding hydrogens is 300 g/mol. The minimum Gasteiger partial charge on any atom is -0.380 e. The van der Waals surface area contributed by atoms with Crippen molar-refractivity contribution >= 4 is 5.91 Å². The first-order valence-electron chi connectivity index (χ1n) is 9.42. The Hall–Kier alpha value is -1.39. The second-order valence-electron chi connectivity index (χ2n) is 7.11. The molecule has 0 aliphatic carbocycles. The van der Waals surface area contributed by atoms with Gasteiger partial charge in [-0.3, -0.25) is 9.69 Å². The van der Waals surface area contributed by atoms with Gasteiger partial charge >= 0.3 is 0 Å². The number of rotatable bonds is 6. The normalized spacial score (nSPS) is 24.0. The molecule has 2 aliphatic heterocycles. The van der Waals surface area contributed by atoms with Gasteiger partial charge in [-0.1, -0.05) is 37.3 Å². The lowest BCUT2D eigenvalue weighted by Crippen LogP contribution is -2.44. The summed E-state index contributed by atoms with van der Waals surface area (Å²) >= 11 is 0. The average molecular weight is 330 g/mol. The zero-order valence-electron chi connectivity index (χ0n) is 14.7. The molecule has 1 aromatic rings. The number of nitrogens with zero attached hydrogens (tertiary/aromatic N) is 1. The molecule has 0 saturated carbocycles. The number of hydrogen-bond donors (Lipinski definition) is 1. The summed E-state index contributed by atoms with van der Waals surface area (Å²) in [5.74, 6) is 0.762. The second-order valence-corrected chi connectivity index (χ2v) is 7.11. The van der Waals surface area contributed by atoms with Crippen molar-refractivity contribution in [1.82, 2.24) is 10.2 Å². The van der Waals surface area contributed by atoms with Crippen LogP contribution in [-0.2, 0) is 9.53 Å². The van der Waals surface area contributed by atoms with Crippen LogP contribution in [0.5, 0.6) is 0 Å². The topological polar surface area (TPSA) is 41.6 Å². The fourth-order valence-electron chi connectivity index (χ4n) is 3.96. The van der Waals surface area contributed by atoms with E-state index in [2.05, 4.69) is 29.3 Å². The number of benzene rings is 1. The van der Waals surface area contributed by atoms with E-state index in [1.54, 1.807) is 0 Å². The van der Waals surface area contributed by atoms with Gasteiger partial charge < -0.3 is 10.1 Å². The third-order valence-corrected chi connectivity index (χ3v) is 5.56. The summed E-state index contributed by atoms with van der Waals surface area (Å²) in [7, 11) is 0. The standard InChI is InChI=1S/C20H30N2O2/c1-2-19(17-6-4-3-5-7-17)20(23)21-14-16-8-11-22(12-9-16)18-10-13-24-15-18/h3-7,16,18-19H,2,8-15H2,1H3,(H,21,23)/t18-,19-/m1/s1. The molecule has 4 heteroatoms. The summed E-state index contributed by atoms with van der Waals surface area (Å²) in [6, 6.07) is 10.7. The quantitative estimate of drug-likeness (QED) is 0.872. The van der Waals surface area contributed by atoms with Gasteiger partial charge in [-0.15, -0.1) is 0 Å². The van der Waals surface area contributed by atoms with E-state index in [1.165, 1.54) is 19.3 Å². The Bertz CT molecular complexity index is 506. The summed E-state index contributed by atoms with van der Waals surface area (Å²) < 4.78 is 5.50. The Morgan fingerprint density at radius 3 is 2.62 bits per heavy atom. The first-order chi connectivity index (χ1) is 11.8. The molecule has 1 amide bonds. The summed E-state index contributed by atoms with van der Waals surface area (Å²) in [5.41, 5.74) is 1.12. The summed E-state index contributed by atoms with van der Waals surface area (Å²) in [6.07, 6.45) is 4.38. The highest BCUT2D eigenvalue weighted by atomic mass is 16.5. The van der Waals surface area contributed by atoms with Crippen LogP contribution in [-0.4, -0.2) is 49.7 Å². The maximum Gasteiger partial charge on any atom is 0.227 e. The van der Waals surface area contributed by atoms with Gasteiger partial charge in [0.15, 0.2) is 0 Å². The third kappa shape index (κ3) is 4.37. The number of carbonyl (C=O) groups is 1. The van der Waals surface area contributed by atoms with Gasteiger partial charge in [0.25, 0.3) is 0 Å². The van der Waals surface area contributed by atoms with E-state index >= 15 is 0 Å². The van der Waals surface area contributed by atoms with Gasteiger partial charge in [-0.2, -0.15) is 0 Å². The molecule has 0 aromatic heterocycles. The van der Waals surface area contributed by atoms with Crippen LogP contribution in [0.15, 0.2) is 30.3 Å². The Morgan fingerprint density at radius 2 is 2.00 bits per heavy atom. The molecule has 1 aromatic carbocycles.